The average molecular weight is 276 g/mol. The van der Waals surface area contributed by atoms with Gasteiger partial charge in [-0.25, -0.2) is 0 Å². The van der Waals surface area contributed by atoms with Crippen LogP contribution in [0.1, 0.15) is 30.9 Å². The Balaban J connectivity index is 2.28. The van der Waals surface area contributed by atoms with Crippen LogP contribution in [0.15, 0.2) is 0 Å². The lowest BCUT2D eigenvalue weighted by Crippen LogP contribution is -2.15. The monoisotopic (exact) mass is 276 g/mol. The van der Waals surface area contributed by atoms with Crippen molar-refractivity contribution in [3.8, 4) is 0 Å². The first kappa shape index (κ1) is 13.6. The third-order valence-electron chi connectivity index (χ3n) is 2.69. The molecule has 0 fully saturated rings. The summed E-state index contributed by atoms with van der Waals surface area (Å²) in [5.41, 5.74) is 22.2. The van der Waals surface area contributed by atoms with Gasteiger partial charge in [0.15, 0.2) is 0 Å². The summed E-state index contributed by atoms with van der Waals surface area (Å²) in [5.74, 6) is 1.23. The SMILES string of the molecule is CCC(Cc1nc(N)nc(N)n1)c1nc(N)nc(N)n1. The number of hydrogen-bond acceptors (Lipinski definition) is 10. The summed E-state index contributed by atoms with van der Waals surface area (Å²) >= 11 is 0. The van der Waals surface area contributed by atoms with Crippen molar-refractivity contribution in [2.24, 2.45) is 0 Å². The van der Waals surface area contributed by atoms with E-state index in [1.807, 2.05) is 6.92 Å². The van der Waals surface area contributed by atoms with Gasteiger partial charge in [-0.2, -0.15) is 29.9 Å². The summed E-state index contributed by atoms with van der Waals surface area (Å²) in [6.07, 6.45) is 1.20. The first-order valence-electron chi connectivity index (χ1n) is 6.00. The van der Waals surface area contributed by atoms with Crippen LogP contribution in [0.3, 0.4) is 0 Å². The van der Waals surface area contributed by atoms with E-state index in [-0.39, 0.29) is 29.7 Å². The Morgan fingerprint density at radius 2 is 1.20 bits per heavy atom. The van der Waals surface area contributed by atoms with Gasteiger partial charge in [0.05, 0.1) is 0 Å². The Hall–Kier alpha value is -2.78. The van der Waals surface area contributed by atoms with E-state index in [2.05, 4.69) is 29.9 Å². The van der Waals surface area contributed by atoms with E-state index in [1.54, 1.807) is 0 Å². The molecule has 1 atom stereocenters. The van der Waals surface area contributed by atoms with Crippen molar-refractivity contribution in [2.75, 3.05) is 22.9 Å². The third kappa shape index (κ3) is 3.16. The highest BCUT2D eigenvalue weighted by Crippen LogP contribution is 2.21. The van der Waals surface area contributed by atoms with Gasteiger partial charge in [0, 0.05) is 12.3 Å². The van der Waals surface area contributed by atoms with Crippen molar-refractivity contribution in [2.45, 2.75) is 25.7 Å². The molecule has 2 heterocycles. The third-order valence-corrected chi connectivity index (χ3v) is 2.69. The molecular weight excluding hydrogens is 260 g/mol. The fourth-order valence-corrected chi connectivity index (χ4v) is 1.80. The molecule has 10 heteroatoms. The molecule has 0 aromatic carbocycles. The zero-order valence-electron chi connectivity index (χ0n) is 11.0. The lowest BCUT2D eigenvalue weighted by molar-refractivity contribution is 0.597. The van der Waals surface area contributed by atoms with E-state index in [9.17, 15) is 0 Å². The predicted octanol–water partition coefficient (Wildman–Crippen LogP) is -0.878. The minimum absolute atomic E-state index is 0.0659. The maximum Gasteiger partial charge on any atom is 0.225 e. The van der Waals surface area contributed by atoms with Gasteiger partial charge in [-0.1, -0.05) is 6.92 Å². The van der Waals surface area contributed by atoms with Crippen molar-refractivity contribution in [1.82, 2.24) is 29.9 Å². The number of nitrogens with zero attached hydrogens (tertiary/aromatic N) is 6. The molecule has 8 N–H and O–H groups in total. The molecule has 0 saturated carbocycles. The zero-order chi connectivity index (χ0) is 14.7. The maximum atomic E-state index is 5.57. The van der Waals surface area contributed by atoms with E-state index < -0.39 is 0 Å². The second-order valence-corrected chi connectivity index (χ2v) is 4.19. The molecule has 2 aromatic rings. The van der Waals surface area contributed by atoms with Crippen LogP contribution >= 0.6 is 0 Å². The van der Waals surface area contributed by atoms with Gasteiger partial charge < -0.3 is 22.9 Å². The first-order chi connectivity index (χ1) is 9.47. The van der Waals surface area contributed by atoms with Crippen LogP contribution in [0.4, 0.5) is 23.8 Å². The summed E-state index contributed by atoms with van der Waals surface area (Å²) in [6, 6.07) is 0. The molecule has 0 aliphatic rings. The summed E-state index contributed by atoms with van der Waals surface area (Å²) in [7, 11) is 0. The highest BCUT2D eigenvalue weighted by molar-refractivity contribution is 5.28. The smallest absolute Gasteiger partial charge is 0.225 e. The molecule has 2 aromatic heterocycles. The van der Waals surface area contributed by atoms with E-state index in [4.69, 9.17) is 22.9 Å². The van der Waals surface area contributed by atoms with E-state index in [1.165, 1.54) is 0 Å². The minimum atomic E-state index is -0.0659. The molecule has 2 rings (SSSR count). The van der Waals surface area contributed by atoms with Crippen molar-refractivity contribution in [1.29, 1.82) is 0 Å². The van der Waals surface area contributed by atoms with Gasteiger partial charge in [-0.05, 0) is 6.42 Å². The number of anilines is 4. The Morgan fingerprint density at radius 1 is 0.750 bits per heavy atom. The predicted molar refractivity (Wildman–Crippen MR) is 74.0 cm³/mol. The summed E-state index contributed by atoms with van der Waals surface area (Å²) < 4.78 is 0. The van der Waals surface area contributed by atoms with Crippen molar-refractivity contribution >= 4 is 23.8 Å². The zero-order valence-corrected chi connectivity index (χ0v) is 11.0. The van der Waals surface area contributed by atoms with Crippen LogP contribution in [-0.4, -0.2) is 29.9 Å². The van der Waals surface area contributed by atoms with Crippen LogP contribution < -0.4 is 22.9 Å². The topological polar surface area (TPSA) is 181 Å². The molecule has 0 spiro atoms. The van der Waals surface area contributed by atoms with Crippen LogP contribution in [0.2, 0.25) is 0 Å². The molecule has 0 aliphatic carbocycles. The fraction of sp³-hybridized carbons (Fsp3) is 0.400. The second kappa shape index (κ2) is 5.47. The summed E-state index contributed by atoms with van der Waals surface area (Å²) in [5, 5.41) is 0. The van der Waals surface area contributed by atoms with Crippen LogP contribution in [0, 0.1) is 0 Å². The van der Waals surface area contributed by atoms with Gasteiger partial charge in [-0.15, -0.1) is 0 Å². The van der Waals surface area contributed by atoms with Crippen molar-refractivity contribution in [3.05, 3.63) is 11.6 Å². The molecule has 10 nitrogen and oxygen atoms in total. The normalized spacial score (nSPS) is 12.2. The molecule has 106 valence electrons. The van der Waals surface area contributed by atoms with Gasteiger partial charge in [0.2, 0.25) is 23.8 Å². The quantitative estimate of drug-likeness (QED) is 0.547. The second-order valence-electron chi connectivity index (χ2n) is 4.19. The maximum absolute atomic E-state index is 5.57. The Kier molecular flexibility index (Phi) is 3.73. The number of nitrogens with two attached hydrogens (primary N) is 4. The van der Waals surface area contributed by atoms with Gasteiger partial charge >= 0.3 is 0 Å². The van der Waals surface area contributed by atoms with Gasteiger partial charge in [0.1, 0.15) is 11.6 Å². The van der Waals surface area contributed by atoms with Crippen LogP contribution in [0.5, 0.6) is 0 Å². The average Bonchev–Trinajstić information content (AvgIpc) is 2.33. The fourth-order valence-electron chi connectivity index (χ4n) is 1.80. The van der Waals surface area contributed by atoms with Crippen LogP contribution in [-0.2, 0) is 6.42 Å². The Bertz CT molecular complexity index is 572. The lowest BCUT2D eigenvalue weighted by Gasteiger charge is -2.13. The van der Waals surface area contributed by atoms with E-state index >= 15 is 0 Å². The number of rotatable bonds is 4. The Morgan fingerprint density at radius 3 is 1.65 bits per heavy atom. The first-order valence-corrected chi connectivity index (χ1v) is 6.00. The number of hydrogen-bond donors (Lipinski definition) is 4. The molecule has 1 unspecified atom stereocenters. The van der Waals surface area contributed by atoms with Gasteiger partial charge in [-0.3, -0.25) is 0 Å². The molecule has 0 bridgehead atoms. The van der Waals surface area contributed by atoms with Gasteiger partial charge in [0.25, 0.3) is 0 Å². The Labute approximate surface area is 115 Å². The van der Waals surface area contributed by atoms with Crippen LogP contribution in [0.25, 0.3) is 0 Å². The summed E-state index contributed by atoms with van der Waals surface area (Å²) in [6.45, 7) is 1.98. The number of nitrogen functional groups attached to an aromatic ring is 4. The number of aromatic nitrogens is 6. The van der Waals surface area contributed by atoms with Crippen molar-refractivity contribution < 1.29 is 0 Å². The molecule has 20 heavy (non-hydrogen) atoms. The molecule has 0 saturated heterocycles. The highest BCUT2D eigenvalue weighted by atomic mass is 15.2. The molecule has 0 amide bonds. The lowest BCUT2D eigenvalue weighted by atomic mass is 10.0. The van der Waals surface area contributed by atoms with E-state index in [0.717, 1.165) is 6.42 Å². The van der Waals surface area contributed by atoms with E-state index in [0.29, 0.717) is 18.1 Å². The molecule has 0 aliphatic heterocycles. The standard InChI is InChI=1S/C10H16N10/c1-2-4(6-17-9(13)20-10(14)18-6)3-5-15-7(11)19-8(12)16-5/h4H,2-3H2,1H3,(H4,11,12,15,16,19)(H4,13,14,17,18,20). The minimum Gasteiger partial charge on any atom is -0.368 e. The highest BCUT2D eigenvalue weighted by Gasteiger charge is 2.17. The summed E-state index contributed by atoms with van der Waals surface area (Å²) in [4.78, 5) is 23.7. The molecular formula is C10H16N10. The largest absolute Gasteiger partial charge is 0.368 e. The van der Waals surface area contributed by atoms with Crippen molar-refractivity contribution in [3.63, 3.8) is 0 Å². The molecule has 0 radical (unpaired) electrons.